The van der Waals surface area contributed by atoms with Crippen molar-refractivity contribution < 1.29 is 9.59 Å². The van der Waals surface area contributed by atoms with Crippen LogP contribution in [0.1, 0.15) is 46.7 Å². The molecule has 3 aromatic rings. The zero-order chi connectivity index (χ0) is 20.5. The molecule has 0 spiro atoms. The van der Waals surface area contributed by atoms with E-state index >= 15 is 0 Å². The monoisotopic (exact) mass is 417 g/mol. The van der Waals surface area contributed by atoms with Gasteiger partial charge in [0.15, 0.2) is 5.78 Å². The van der Waals surface area contributed by atoms with Crippen LogP contribution in [0, 0.1) is 19.3 Å². The second-order valence-electron chi connectivity index (χ2n) is 7.56. The number of hydrogen-bond acceptors (Lipinski definition) is 7. The van der Waals surface area contributed by atoms with Crippen molar-refractivity contribution >= 4 is 40.6 Å². The molecule has 148 valence electrons. The summed E-state index contributed by atoms with van der Waals surface area (Å²) in [6.45, 7) is 9.90. The zero-order valence-electron chi connectivity index (χ0n) is 16.6. The Morgan fingerprint density at radius 3 is 2.68 bits per heavy atom. The number of aromatic nitrogens is 4. The van der Waals surface area contributed by atoms with Crippen LogP contribution in [0.2, 0.25) is 0 Å². The van der Waals surface area contributed by atoms with Gasteiger partial charge in [-0.25, -0.2) is 9.50 Å². The number of thiophene rings is 1. The summed E-state index contributed by atoms with van der Waals surface area (Å²) < 4.78 is 1.68. The first-order chi connectivity index (χ1) is 13.1. The molecule has 3 rings (SSSR count). The molecule has 0 aliphatic heterocycles. The third kappa shape index (κ3) is 4.77. The summed E-state index contributed by atoms with van der Waals surface area (Å²) in [7, 11) is 0. The summed E-state index contributed by atoms with van der Waals surface area (Å²) in [4.78, 5) is 34.8. The van der Waals surface area contributed by atoms with E-state index in [1.54, 1.807) is 10.6 Å². The van der Waals surface area contributed by atoms with Gasteiger partial charge in [0.2, 0.25) is 11.1 Å². The van der Waals surface area contributed by atoms with Crippen LogP contribution in [-0.4, -0.2) is 37.0 Å². The van der Waals surface area contributed by atoms with E-state index in [-0.39, 0.29) is 17.4 Å². The van der Waals surface area contributed by atoms with Crippen molar-refractivity contribution in [2.75, 3.05) is 5.75 Å². The molecule has 0 radical (unpaired) electrons. The minimum Gasteiger partial charge on any atom is -0.351 e. The van der Waals surface area contributed by atoms with Crippen LogP contribution in [0.5, 0.6) is 0 Å². The molecule has 28 heavy (non-hydrogen) atoms. The van der Waals surface area contributed by atoms with Gasteiger partial charge in [-0.05, 0) is 32.0 Å². The van der Waals surface area contributed by atoms with E-state index in [1.807, 2.05) is 46.8 Å². The number of carbonyl (C=O) groups is 2. The van der Waals surface area contributed by atoms with Gasteiger partial charge in [-0.1, -0.05) is 32.5 Å². The maximum absolute atomic E-state index is 12.5. The topological polar surface area (TPSA) is 89.3 Å². The minimum absolute atomic E-state index is 0.0126. The van der Waals surface area contributed by atoms with Gasteiger partial charge in [0.1, 0.15) is 0 Å². The second kappa shape index (κ2) is 8.00. The normalized spacial score (nSPS) is 11.8. The SMILES string of the molecule is Cc1cc(C)n2nc(SCC(=O)c3ccc(CNC(=O)C(C)(C)C)s3)nc2n1. The number of aryl methyl sites for hydroxylation is 2. The van der Waals surface area contributed by atoms with Crippen molar-refractivity contribution in [3.05, 3.63) is 39.3 Å². The molecule has 0 unspecified atom stereocenters. The van der Waals surface area contributed by atoms with Crippen molar-refractivity contribution in [1.82, 2.24) is 24.9 Å². The predicted molar refractivity (Wildman–Crippen MR) is 111 cm³/mol. The van der Waals surface area contributed by atoms with E-state index in [0.29, 0.717) is 22.4 Å². The molecule has 9 heteroatoms. The number of nitrogens with one attached hydrogen (secondary N) is 1. The van der Waals surface area contributed by atoms with Gasteiger partial charge in [-0.15, -0.1) is 16.4 Å². The first kappa shape index (κ1) is 20.5. The Morgan fingerprint density at radius 1 is 1.21 bits per heavy atom. The third-order valence-electron chi connectivity index (χ3n) is 3.97. The molecule has 1 amide bonds. The minimum atomic E-state index is -0.431. The lowest BCUT2D eigenvalue weighted by atomic mass is 9.96. The first-order valence-corrected chi connectivity index (χ1v) is 10.7. The molecule has 1 N–H and O–H groups in total. The van der Waals surface area contributed by atoms with Gasteiger partial charge in [0.05, 0.1) is 17.2 Å². The van der Waals surface area contributed by atoms with E-state index < -0.39 is 5.41 Å². The van der Waals surface area contributed by atoms with Gasteiger partial charge < -0.3 is 5.32 Å². The van der Waals surface area contributed by atoms with Crippen molar-refractivity contribution in [1.29, 1.82) is 0 Å². The molecule has 0 saturated carbocycles. The molecular formula is C19H23N5O2S2. The highest BCUT2D eigenvalue weighted by molar-refractivity contribution is 7.99. The molecule has 0 fully saturated rings. The third-order valence-corrected chi connectivity index (χ3v) is 5.94. The Hall–Kier alpha value is -2.26. The number of amides is 1. The first-order valence-electron chi connectivity index (χ1n) is 8.87. The van der Waals surface area contributed by atoms with Crippen LogP contribution in [-0.2, 0) is 11.3 Å². The highest BCUT2D eigenvalue weighted by atomic mass is 32.2. The quantitative estimate of drug-likeness (QED) is 0.488. The molecule has 0 aliphatic rings. The summed E-state index contributed by atoms with van der Waals surface area (Å²) >= 11 is 2.70. The number of fused-ring (bicyclic) bond motifs is 1. The van der Waals surface area contributed by atoms with Crippen LogP contribution in [0.3, 0.4) is 0 Å². The molecule has 0 bridgehead atoms. The van der Waals surface area contributed by atoms with Gasteiger partial charge >= 0.3 is 0 Å². The fourth-order valence-electron chi connectivity index (χ4n) is 2.47. The number of hydrogen-bond donors (Lipinski definition) is 1. The molecule has 3 heterocycles. The Bertz CT molecular complexity index is 1030. The van der Waals surface area contributed by atoms with E-state index in [1.165, 1.54) is 23.1 Å². The molecule has 0 aliphatic carbocycles. The number of ketones is 1. The van der Waals surface area contributed by atoms with E-state index in [0.717, 1.165) is 16.3 Å². The Morgan fingerprint density at radius 2 is 1.96 bits per heavy atom. The molecule has 0 atom stereocenters. The van der Waals surface area contributed by atoms with Gasteiger partial charge in [0.25, 0.3) is 5.78 Å². The molecular weight excluding hydrogens is 394 g/mol. The maximum atomic E-state index is 12.5. The maximum Gasteiger partial charge on any atom is 0.253 e. The number of nitrogens with zero attached hydrogens (tertiary/aromatic N) is 4. The van der Waals surface area contributed by atoms with E-state index in [2.05, 4.69) is 20.4 Å². The average Bonchev–Trinajstić information content (AvgIpc) is 3.23. The van der Waals surface area contributed by atoms with Crippen LogP contribution in [0.25, 0.3) is 5.78 Å². The lowest BCUT2D eigenvalue weighted by Gasteiger charge is -2.17. The number of rotatable bonds is 6. The number of thioether (sulfide) groups is 1. The largest absolute Gasteiger partial charge is 0.351 e. The Kier molecular flexibility index (Phi) is 5.85. The summed E-state index contributed by atoms with van der Waals surface area (Å²) in [6.07, 6.45) is 0. The summed E-state index contributed by atoms with van der Waals surface area (Å²) in [5.41, 5.74) is 1.41. The van der Waals surface area contributed by atoms with Crippen LogP contribution in [0.15, 0.2) is 23.4 Å². The summed E-state index contributed by atoms with van der Waals surface area (Å²) in [5, 5.41) is 7.84. The average molecular weight is 418 g/mol. The lowest BCUT2D eigenvalue weighted by Crippen LogP contribution is -2.34. The van der Waals surface area contributed by atoms with Gasteiger partial charge in [-0.2, -0.15) is 4.98 Å². The van der Waals surface area contributed by atoms with Crippen LogP contribution >= 0.6 is 23.1 Å². The van der Waals surface area contributed by atoms with Crippen molar-refractivity contribution in [3.63, 3.8) is 0 Å². The predicted octanol–water partition coefficient (Wildman–Crippen LogP) is 3.44. The van der Waals surface area contributed by atoms with Crippen LogP contribution < -0.4 is 5.32 Å². The number of Topliss-reactive ketones (excluding diaryl/α,β-unsaturated/α-hetero) is 1. The van der Waals surface area contributed by atoms with Gasteiger partial charge in [-0.3, -0.25) is 9.59 Å². The second-order valence-corrected chi connectivity index (χ2v) is 9.67. The molecule has 7 nitrogen and oxygen atoms in total. The van der Waals surface area contributed by atoms with Crippen molar-refractivity contribution in [3.8, 4) is 0 Å². The van der Waals surface area contributed by atoms with Crippen molar-refractivity contribution in [2.24, 2.45) is 5.41 Å². The zero-order valence-corrected chi connectivity index (χ0v) is 18.2. The fourth-order valence-corrected chi connectivity index (χ4v) is 4.14. The van der Waals surface area contributed by atoms with E-state index in [4.69, 9.17) is 0 Å². The highest BCUT2D eigenvalue weighted by Crippen LogP contribution is 2.22. The molecule has 0 saturated heterocycles. The van der Waals surface area contributed by atoms with Crippen molar-refractivity contribution in [2.45, 2.75) is 46.3 Å². The smallest absolute Gasteiger partial charge is 0.253 e. The highest BCUT2D eigenvalue weighted by Gasteiger charge is 2.21. The lowest BCUT2D eigenvalue weighted by molar-refractivity contribution is -0.128. The molecule has 3 aromatic heterocycles. The van der Waals surface area contributed by atoms with Gasteiger partial charge in [0, 0.05) is 21.7 Å². The number of carbonyl (C=O) groups excluding carboxylic acids is 2. The van der Waals surface area contributed by atoms with Crippen LogP contribution in [0.4, 0.5) is 0 Å². The molecule has 0 aromatic carbocycles. The Balaban J connectivity index is 1.59. The standard InChI is InChI=1S/C19H23N5O2S2/c1-11-8-12(2)24-17(21-11)22-18(23-24)27-10-14(25)15-7-6-13(28-15)9-20-16(26)19(3,4)5/h6-8H,9-10H2,1-5H3,(H,20,26). The van der Waals surface area contributed by atoms with E-state index in [9.17, 15) is 9.59 Å². The summed E-state index contributed by atoms with van der Waals surface area (Å²) in [5.74, 6) is 0.799. The fraction of sp³-hybridized carbons (Fsp3) is 0.421. The Labute approximate surface area is 172 Å². The summed E-state index contributed by atoms with van der Waals surface area (Å²) in [6, 6.07) is 5.62.